The maximum atomic E-state index is 13.6. The van der Waals surface area contributed by atoms with Gasteiger partial charge in [-0.1, -0.05) is 18.5 Å². The SMILES string of the molecule is CC1CSCc2c(F)cc(Cl)cc2C1O. The Labute approximate surface area is 97.6 Å². The van der Waals surface area contributed by atoms with Crippen LogP contribution in [0.4, 0.5) is 4.39 Å². The molecule has 15 heavy (non-hydrogen) atoms. The second-order valence-electron chi connectivity index (χ2n) is 3.89. The van der Waals surface area contributed by atoms with Gasteiger partial charge in [-0.15, -0.1) is 0 Å². The summed E-state index contributed by atoms with van der Waals surface area (Å²) in [5.74, 6) is 1.28. The van der Waals surface area contributed by atoms with Gasteiger partial charge in [0.2, 0.25) is 0 Å². The quantitative estimate of drug-likeness (QED) is 0.757. The van der Waals surface area contributed by atoms with Gasteiger partial charge < -0.3 is 5.11 Å². The van der Waals surface area contributed by atoms with Gasteiger partial charge in [-0.25, -0.2) is 4.39 Å². The average Bonchev–Trinajstić information content (AvgIpc) is 2.30. The van der Waals surface area contributed by atoms with E-state index in [4.69, 9.17) is 11.6 Å². The molecule has 0 spiro atoms. The summed E-state index contributed by atoms with van der Waals surface area (Å²) in [7, 11) is 0. The van der Waals surface area contributed by atoms with Crippen LogP contribution in [0, 0.1) is 11.7 Å². The van der Waals surface area contributed by atoms with Gasteiger partial charge in [-0.3, -0.25) is 0 Å². The zero-order valence-corrected chi connectivity index (χ0v) is 9.91. The molecule has 4 heteroatoms. The van der Waals surface area contributed by atoms with E-state index in [1.807, 2.05) is 6.92 Å². The summed E-state index contributed by atoms with van der Waals surface area (Å²) in [5.41, 5.74) is 1.25. The lowest BCUT2D eigenvalue weighted by Gasteiger charge is -2.17. The van der Waals surface area contributed by atoms with Gasteiger partial charge in [0.25, 0.3) is 0 Å². The van der Waals surface area contributed by atoms with Gasteiger partial charge in [0, 0.05) is 16.3 Å². The minimum atomic E-state index is -0.608. The van der Waals surface area contributed by atoms with Crippen molar-refractivity contribution in [3.8, 4) is 0 Å². The van der Waals surface area contributed by atoms with Crippen LogP contribution < -0.4 is 0 Å². The normalized spacial score (nSPS) is 25.9. The minimum absolute atomic E-state index is 0.133. The van der Waals surface area contributed by atoms with Crippen LogP contribution in [0.5, 0.6) is 0 Å². The standard InChI is InChI=1S/C11H12ClFOS/c1-6-4-15-5-9-8(11(6)14)2-7(12)3-10(9)13/h2-3,6,11,14H,4-5H2,1H3. The smallest absolute Gasteiger partial charge is 0.129 e. The van der Waals surface area contributed by atoms with Crippen LogP contribution in [-0.2, 0) is 5.75 Å². The maximum absolute atomic E-state index is 13.6. The zero-order valence-electron chi connectivity index (χ0n) is 8.34. The fourth-order valence-corrected chi connectivity index (χ4v) is 3.18. The third kappa shape index (κ3) is 2.14. The van der Waals surface area contributed by atoms with E-state index < -0.39 is 6.10 Å². The lowest BCUT2D eigenvalue weighted by atomic mass is 9.95. The summed E-state index contributed by atoms with van der Waals surface area (Å²) in [6.07, 6.45) is -0.608. The summed E-state index contributed by atoms with van der Waals surface area (Å²) in [5, 5.41) is 10.4. The highest BCUT2D eigenvalue weighted by Crippen LogP contribution is 2.36. The first kappa shape index (κ1) is 11.2. The molecule has 1 aromatic carbocycles. The molecule has 1 N–H and O–H groups in total. The molecule has 0 saturated carbocycles. The third-order valence-electron chi connectivity index (χ3n) is 2.68. The summed E-state index contributed by atoms with van der Waals surface area (Å²) in [4.78, 5) is 0. The molecule has 1 aliphatic rings. The molecule has 0 aliphatic carbocycles. The molecule has 2 unspecified atom stereocenters. The highest BCUT2D eigenvalue weighted by molar-refractivity contribution is 7.98. The number of halogens is 2. The molecular formula is C11H12ClFOS. The van der Waals surface area contributed by atoms with Crippen molar-refractivity contribution in [1.82, 2.24) is 0 Å². The van der Waals surface area contributed by atoms with Gasteiger partial charge in [0.1, 0.15) is 5.82 Å². The van der Waals surface area contributed by atoms with Crippen LogP contribution in [0.1, 0.15) is 24.2 Å². The van der Waals surface area contributed by atoms with Gasteiger partial charge in [0.15, 0.2) is 0 Å². The Kier molecular flexibility index (Phi) is 3.24. The lowest BCUT2D eigenvalue weighted by molar-refractivity contribution is 0.129. The third-order valence-corrected chi connectivity index (χ3v) is 4.15. The van der Waals surface area contributed by atoms with Crippen LogP contribution >= 0.6 is 23.4 Å². The fourth-order valence-electron chi connectivity index (χ4n) is 1.78. The molecule has 0 aromatic heterocycles. The molecular weight excluding hydrogens is 235 g/mol. The average molecular weight is 247 g/mol. The number of aliphatic hydroxyl groups is 1. The number of thioether (sulfide) groups is 1. The van der Waals surface area contributed by atoms with Crippen LogP contribution in [0.3, 0.4) is 0 Å². The largest absolute Gasteiger partial charge is 0.388 e. The summed E-state index contributed by atoms with van der Waals surface area (Å²) < 4.78 is 13.6. The Morgan fingerprint density at radius 3 is 3.00 bits per heavy atom. The fraction of sp³-hybridized carbons (Fsp3) is 0.455. The molecule has 0 saturated heterocycles. The molecule has 0 fully saturated rings. The van der Waals surface area contributed by atoms with Crippen molar-refractivity contribution in [3.63, 3.8) is 0 Å². The van der Waals surface area contributed by atoms with E-state index in [1.54, 1.807) is 17.8 Å². The molecule has 1 heterocycles. The summed E-state index contributed by atoms with van der Waals surface area (Å²) in [6.45, 7) is 1.96. The summed E-state index contributed by atoms with van der Waals surface area (Å²) >= 11 is 7.44. The van der Waals surface area contributed by atoms with E-state index in [0.29, 0.717) is 21.9 Å². The molecule has 82 valence electrons. The zero-order chi connectivity index (χ0) is 11.0. The van der Waals surface area contributed by atoms with Crippen molar-refractivity contribution in [3.05, 3.63) is 34.1 Å². The Hall–Kier alpha value is -0.250. The second-order valence-corrected chi connectivity index (χ2v) is 5.36. The number of rotatable bonds is 0. The van der Waals surface area contributed by atoms with Crippen LogP contribution in [0.2, 0.25) is 5.02 Å². The number of hydrogen-bond acceptors (Lipinski definition) is 2. The molecule has 1 aromatic rings. The molecule has 1 nitrogen and oxygen atoms in total. The van der Waals surface area contributed by atoms with E-state index in [9.17, 15) is 9.50 Å². The van der Waals surface area contributed by atoms with E-state index >= 15 is 0 Å². The topological polar surface area (TPSA) is 20.2 Å². The highest BCUT2D eigenvalue weighted by Gasteiger charge is 2.25. The number of fused-ring (bicyclic) bond motifs is 1. The predicted octanol–water partition coefficient (Wildman–Crippen LogP) is 3.40. The lowest BCUT2D eigenvalue weighted by Crippen LogP contribution is -2.11. The van der Waals surface area contributed by atoms with Crippen molar-refractivity contribution < 1.29 is 9.50 Å². The first-order valence-electron chi connectivity index (χ1n) is 4.83. The van der Waals surface area contributed by atoms with E-state index in [1.165, 1.54) is 6.07 Å². The molecule has 1 aliphatic heterocycles. The van der Waals surface area contributed by atoms with Crippen LogP contribution in [0.25, 0.3) is 0 Å². The number of aliphatic hydroxyl groups excluding tert-OH is 1. The van der Waals surface area contributed by atoms with Crippen LogP contribution in [0.15, 0.2) is 12.1 Å². The first-order chi connectivity index (χ1) is 7.09. The highest BCUT2D eigenvalue weighted by atomic mass is 35.5. The maximum Gasteiger partial charge on any atom is 0.129 e. The van der Waals surface area contributed by atoms with E-state index in [-0.39, 0.29) is 11.7 Å². The van der Waals surface area contributed by atoms with E-state index in [0.717, 1.165) is 5.75 Å². The van der Waals surface area contributed by atoms with Gasteiger partial charge in [-0.2, -0.15) is 11.8 Å². The molecule has 0 bridgehead atoms. The van der Waals surface area contributed by atoms with Gasteiger partial charge in [-0.05, 0) is 29.4 Å². The molecule has 2 rings (SSSR count). The van der Waals surface area contributed by atoms with Crippen LogP contribution in [-0.4, -0.2) is 10.9 Å². The second kappa shape index (κ2) is 4.32. The first-order valence-corrected chi connectivity index (χ1v) is 6.36. The number of hydrogen-bond donors (Lipinski definition) is 1. The van der Waals surface area contributed by atoms with Gasteiger partial charge >= 0.3 is 0 Å². The number of benzene rings is 1. The predicted molar refractivity (Wildman–Crippen MR) is 61.7 cm³/mol. The molecule has 0 radical (unpaired) electrons. The van der Waals surface area contributed by atoms with E-state index in [2.05, 4.69) is 0 Å². The monoisotopic (exact) mass is 246 g/mol. The Morgan fingerprint density at radius 1 is 1.53 bits per heavy atom. The van der Waals surface area contributed by atoms with Crippen molar-refractivity contribution in [2.75, 3.05) is 5.75 Å². The Balaban J connectivity index is 2.53. The summed E-state index contributed by atoms with van der Waals surface area (Å²) in [6, 6.07) is 2.98. The van der Waals surface area contributed by atoms with Crippen molar-refractivity contribution in [2.45, 2.75) is 18.8 Å². The van der Waals surface area contributed by atoms with Gasteiger partial charge in [0.05, 0.1) is 6.10 Å². The Morgan fingerprint density at radius 2 is 2.27 bits per heavy atom. The Bertz CT molecular complexity index is 383. The van der Waals surface area contributed by atoms with Crippen molar-refractivity contribution >= 4 is 23.4 Å². The molecule has 0 amide bonds. The van der Waals surface area contributed by atoms with Crippen molar-refractivity contribution in [2.24, 2.45) is 5.92 Å². The molecule has 2 atom stereocenters. The van der Waals surface area contributed by atoms with Crippen molar-refractivity contribution in [1.29, 1.82) is 0 Å². The minimum Gasteiger partial charge on any atom is -0.388 e.